The molecule has 0 aliphatic heterocycles. The van der Waals surface area contributed by atoms with E-state index >= 15 is 0 Å². The summed E-state index contributed by atoms with van der Waals surface area (Å²) in [6, 6.07) is 0. The predicted octanol–water partition coefficient (Wildman–Crippen LogP) is 3.38. The summed E-state index contributed by atoms with van der Waals surface area (Å²) in [6.45, 7) is 3.98. The van der Waals surface area contributed by atoms with Crippen molar-refractivity contribution in [3.63, 3.8) is 0 Å². The van der Waals surface area contributed by atoms with Crippen LogP contribution in [0.4, 0.5) is 0 Å². The fourth-order valence-electron chi connectivity index (χ4n) is 1.99. The van der Waals surface area contributed by atoms with Crippen molar-refractivity contribution < 1.29 is 4.74 Å². The Morgan fingerprint density at radius 3 is 2.17 bits per heavy atom. The van der Waals surface area contributed by atoms with Crippen molar-refractivity contribution in [3.8, 4) is 0 Å². The molecule has 1 heteroatoms. The van der Waals surface area contributed by atoms with Crippen LogP contribution in [0.5, 0.6) is 0 Å². The van der Waals surface area contributed by atoms with Crippen LogP contribution in [0.15, 0.2) is 0 Å². The van der Waals surface area contributed by atoms with Gasteiger partial charge in [0, 0.05) is 13.2 Å². The molecule has 0 heterocycles. The fraction of sp³-hybridized carbons (Fsp3) is 1.00. The Bertz CT molecular complexity index is 90.4. The lowest BCUT2D eigenvalue weighted by Crippen LogP contribution is -2.11. The first-order valence-electron chi connectivity index (χ1n) is 5.51. The summed E-state index contributed by atoms with van der Waals surface area (Å²) in [5.41, 5.74) is 0. The molecule has 0 aromatic heterocycles. The molecule has 1 aliphatic carbocycles. The lowest BCUT2D eigenvalue weighted by molar-refractivity contribution is 0.0993. The number of ether oxygens (including phenoxy) is 1. The average Bonchev–Trinajstić information content (AvgIpc) is 2.02. The van der Waals surface area contributed by atoms with Gasteiger partial charge in [0.2, 0.25) is 0 Å². The molecule has 12 heavy (non-hydrogen) atoms. The third-order valence-corrected chi connectivity index (χ3v) is 2.78. The van der Waals surface area contributed by atoms with E-state index in [0.29, 0.717) is 0 Å². The third kappa shape index (κ3) is 4.10. The van der Waals surface area contributed by atoms with Crippen LogP contribution in [0.1, 0.15) is 51.9 Å². The van der Waals surface area contributed by atoms with Crippen LogP contribution >= 0.6 is 0 Å². The maximum absolute atomic E-state index is 5.47. The van der Waals surface area contributed by atoms with E-state index in [4.69, 9.17) is 4.74 Å². The van der Waals surface area contributed by atoms with Gasteiger partial charge in [0.05, 0.1) is 0 Å². The maximum Gasteiger partial charge on any atom is 0.0494 e. The second kappa shape index (κ2) is 6.47. The molecule has 0 radical (unpaired) electrons. The molecular weight excluding hydrogens is 148 g/mol. The van der Waals surface area contributed by atoms with Crippen molar-refractivity contribution in [2.24, 2.45) is 5.92 Å². The van der Waals surface area contributed by atoms with Gasteiger partial charge >= 0.3 is 0 Å². The zero-order valence-electron chi connectivity index (χ0n) is 8.35. The Morgan fingerprint density at radius 2 is 1.58 bits per heavy atom. The minimum absolute atomic E-state index is 0.866. The molecule has 0 aromatic rings. The van der Waals surface area contributed by atoms with Gasteiger partial charge in [0.1, 0.15) is 0 Å². The van der Waals surface area contributed by atoms with Crippen molar-refractivity contribution in [2.45, 2.75) is 51.9 Å². The number of hydrogen-bond acceptors (Lipinski definition) is 1. The highest BCUT2D eigenvalue weighted by Gasteiger charge is 2.10. The minimum Gasteiger partial charge on any atom is -0.381 e. The van der Waals surface area contributed by atoms with E-state index < -0.39 is 0 Å². The summed E-state index contributed by atoms with van der Waals surface area (Å²) in [7, 11) is 0. The monoisotopic (exact) mass is 170 g/mol. The first kappa shape index (κ1) is 10.0. The zero-order chi connectivity index (χ0) is 8.65. The summed E-state index contributed by atoms with van der Waals surface area (Å²) in [5, 5.41) is 0. The standard InChI is InChI=1S/C11H22O/c1-2-12-10-11-8-6-4-3-5-7-9-11/h11H,2-10H2,1H3. The Labute approximate surface area is 76.5 Å². The topological polar surface area (TPSA) is 9.23 Å². The van der Waals surface area contributed by atoms with Gasteiger partial charge in [-0.05, 0) is 25.7 Å². The van der Waals surface area contributed by atoms with Gasteiger partial charge in [-0.1, -0.05) is 32.1 Å². The van der Waals surface area contributed by atoms with E-state index in [0.717, 1.165) is 19.1 Å². The molecule has 1 fully saturated rings. The molecule has 0 aromatic carbocycles. The van der Waals surface area contributed by atoms with Crippen molar-refractivity contribution in [3.05, 3.63) is 0 Å². The minimum atomic E-state index is 0.866. The average molecular weight is 170 g/mol. The van der Waals surface area contributed by atoms with E-state index in [1.54, 1.807) is 0 Å². The normalized spacial score (nSPS) is 21.8. The molecule has 0 N–H and O–H groups in total. The first-order valence-corrected chi connectivity index (χ1v) is 5.51. The fourth-order valence-corrected chi connectivity index (χ4v) is 1.99. The van der Waals surface area contributed by atoms with E-state index in [1.807, 2.05) is 0 Å². The second-order valence-corrected chi connectivity index (χ2v) is 3.87. The summed E-state index contributed by atoms with van der Waals surface area (Å²) in [6.07, 6.45) is 10.0. The molecule has 1 aliphatic rings. The largest absolute Gasteiger partial charge is 0.381 e. The maximum atomic E-state index is 5.47. The zero-order valence-corrected chi connectivity index (χ0v) is 8.35. The number of rotatable bonds is 3. The van der Waals surface area contributed by atoms with Gasteiger partial charge in [-0.25, -0.2) is 0 Å². The van der Waals surface area contributed by atoms with Crippen LogP contribution in [-0.2, 0) is 4.74 Å². The van der Waals surface area contributed by atoms with E-state index in [9.17, 15) is 0 Å². The van der Waals surface area contributed by atoms with Gasteiger partial charge in [0.25, 0.3) is 0 Å². The summed E-state index contributed by atoms with van der Waals surface area (Å²) in [4.78, 5) is 0. The van der Waals surface area contributed by atoms with Gasteiger partial charge in [-0.15, -0.1) is 0 Å². The molecule has 1 nitrogen and oxygen atoms in total. The Balaban J connectivity index is 2.11. The highest BCUT2D eigenvalue weighted by molar-refractivity contribution is 4.62. The molecule has 0 spiro atoms. The van der Waals surface area contributed by atoms with Crippen LogP contribution in [0.25, 0.3) is 0 Å². The van der Waals surface area contributed by atoms with Crippen LogP contribution < -0.4 is 0 Å². The summed E-state index contributed by atoms with van der Waals surface area (Å²) >= 11 is 0. The van der Waals surface area contributed by atoms with Crippen LogP contribution in [0.2, 0.25) is 0 Å². The summed E-state index contributed by atoms with van der Waals surface area (Å²) in [5.74, 6) is 0.866. The van der Waals surface area contributed by atoms with E-state index in [2.05, 4.69) is 6.92 Å². The highest BCUT2D eigenvalue weighted by atomic mass is 16.5. The molecular formula is C11H22O. The molecule has 1 rings (SSSR count). The van der Waals surface area contributed by atoms with Gasteiger partial charge < -0.3 is 4.74 Å². The highest BCUT2D eigenvalue weighted by Crippen LogP contribution is 2.22. The van der Waals surface area contributed by atoms with Gasteiger partial charge in [-0.2, -0.15) is 0 Å². The lowest BCUT2D eigenvalue weighted by Gasteiger charge is -2.18. The van der Waals surface area contributed by atoms with Gasteiger partial charge in [-0.3, -0.25) is 0 Å². The van der Waals surface area contributed by atoms with Crippen LogP contribution in [0, 0.1) is 5.92 Å². The van der Waals surface area contributed by atoms with E-state index in [1.165, 1.54) is 44.9 Å². The third-order valence-electron chi connectivity index (χ3n) is 2.78. The Morgan fingerprint density at radius 1 is 1.00 bits per heavy atom. The van der Waals surface area contributed by atoms with Gasteiger partial charge in [0.15, 0.2) is 0 Å². The lowest BCUT2D eigenvalue weighted by atomic mass is 9.92. The summed E-state index contributed by atoms with van der Waals surface area (Å²) < 4.78 is 5.47. The molecule has 72 valence electrons. The van der Waals surface area contributed by atoms with Crippen molar-refractivity contribution >= 4 is 0 Å². The molecule has 0 amide bonds. The predicted molar refractivity (Wildman–Crippen MR) is 52.3 cm³/mol. The Hall–Kier alpha value is -0.0400. The van der Waals surface area contributed by atoms with E-state index in [-0.39, 0.29) is 0 Å². The molecule has 0 unspecified atom stereocenters. The molecule has 0 saturated heterocycles. The van der Waals surface area contributed by atoms with Crippen molar-refractivity contribution in [1.29, 1.82) is 0 Å². The quantitative estimate of drug-likeness (QED) is 0.631. The second-order valence-electron chi connectivity index (χ2n) is 3.87. The molecule has 0 atom stereocenters. The molecule has 0 bridgehead atoms. The Kier molecular flexibility index (Phi) is 5.42. The first-order chi connectivity index (χ1) is 5.93. The van der Waals surface area contributed by atoms with Crippen LogP contribution in [-0.4, -0.2) is 13.2 Å². The smallest absolute Gasteiger partial charge is 0.0494 e. The SMILES string of the molecule is CCOCC1CCCCCCC1. The number of hydrogen-bond donors (Lipinski definition) is 0. The van der Waals surface area contributed by atoms with Crippen LogP contribution in [0.3, 0.4) is 0 Å². The molecule has 1 saturated carbocycles. The van der Waals surface area contributed by atoms with Crippen molar-refractivity contribution in [2.75, 3.05) is 13.2 Å². The van der Waals surface area contributed by atoms with Crippen molar-refractivity contribution in [1.82, 2.24) is 0 Å².